The van der Waals surface area contributed by atoms with Gasteiger partial charge in [0, 0.05) is 10.9 Å². The molecule has 0 saturated heterocycles. The number of pyridine rings is 1. The van der Waals surface area contributed by atoms with Crippen LogP contribution in [0.4, 0.5) is 18.9 Å². The van der Waals surface area contributed by atoms with E-state index in [4.69, 9.17) is 15.2 Å². The van der Waals surface area contributed by atoms with E-state index in [0.29, 0.717) is 17.9 Å². The molecule has 3 aromatic rings. The lowest BCUT2D eigenvalue weighted by atomic mass is 10.1. The summed E-state index contributed by atoms with van der Waals surface area (Å²) in [4.78, 5) is 16.3. The molecule has 0 atom stereocenters. The second-order valence-electron chi connectivity index (χ2n) is 6.17. The van der Waals surface area contributed by atoms with Gasteiger partial charge in [0.2, 0.25) is 0 Å². The monoisotopic (exact) mass is 424 g/mol. The molecule has 0 aliphatic rings. The molecule has 0 radical (unpaired) electrons. The summed E-state index contributed by atoms with van der Waals surface area (Å²) in [5, 5.41) is -0.280. The fourth-order valence-electron chi connectivity index (χ4n) is 2.78. The first kappa shape index (κ1) is 20.9. The van der Waals surface area contributed by atoms with Crippen molar-refractivity contribution >= 4 is 33.2 Å². The van der Waals surface area contributed by atoms with E-state index >= 15 is 0 Å². The highest BCUT2D eigenvalue weighted by atomic mass is 32.1. The first-order chi connectivity index (χ1) is 13.8. The van der Waals surface area contributed by atoms with Gasteiger partial charge >= 0.3 is 12.1 Å². The van der Waals surface area contributed by atoms with Gasteiger partial charge in [-0.25, -0.2) is 9.78 Å². The van der Waals surface area contributed by atoms with E-state index in [2.05, 4.69) is 4.98 Å². The lowest BCUT2D eigenvalue weighted by molar-refractivity contribution is -0.136. The predicted molar refractivity (Wildman–Crippen MR) is 106 cm³/mol. The number of esters is 1. The zero-order valence-corrected chi connectivity index (χ0v) is 16.6. The molecule has 0 spiro atoms. The molecule has 0 amide bonds. The molecule has 0 aliphatic heterocycles. The summed E-state index contributed by atoms with van der Waals surface area (Å²) in [6.07, 6.45) is -3.82. The molecule has 0 fully saturated rings. The number of nitrogens with two attached hydrogens (primary N) is 1. The summed E-state index contributed by atoms with van der Waals surface area (Å²) in [6.45, 7) is 4.22. The summed E-state index contributed by atoms with van der Waals surface area (Å²) in [7, 11) is 0. The minimum absolute atomic E-state index is 0.0293. The zero-order chi connectivity index (χ0) is 21.2. The molecule has 0 aliphatic carbocycles. The number of halogens is 3. The smallest absolute Gasteiger partial charge is 0.417 e. The summed E-state index contributed by atoms with van der Waals surface area (Å²) in [5.74, 6) is -0.141. The number of aromatic nitrogens is 1. The van der Waals surface area contributed by atoms with Gasteiger partial charge in [-0.1, -0.05) is 6.92 Å². The van der Waals surface area contributed by atoms with Crippen molar-refractivity contribution in [1.82, 2.24) is 4.98 Å². The van der Waals surface area contributed by atoms with Gasteiger partial charge in [-0.15, -0.1) is 11.3 Å². The Balaban J connectivity index is 2.13. The third-order valence-electron chi connectivity index (χ3n) is 4.09. The Morgan fingerprint density at radius 2 is 1.90 bits per heavy atom. The van der Waals surface area contributed by atoms with Crippen molar-refractivity contribution in [3.05, 3.63) is 40.8 Å². The number of nitrogens with zero attached hydrogens (tertiary/aromatic N) is 1. The number of ether oxygens (including phenoxy) is 2. The fourth-order valence-corrected chi connectivity index (χ4v) is 3.80. The molecule has 0 bridgehead atoms. The Morgan fingerprint density at radius 1 is 1.21 bits per heavy atom. The quantitative estimate of drug-likeness (QED) is 0.527. The van der Waals surface area contributed by atoms with Crippen LogP contribution in [0.15, 0.2) is 30.3 Å². The number of thiophene rings is 1. The molecule has 0 unspecified atom stereocenters. The third kappa shape index (κ3) is 4.29. The van der Waals surface area contributed by atoms with Gasteiger partial charge in [0.05, 0.1) is 30.2 Å². The van der Waals surface area contributed by atoms with Crippen molar-refractivity contribution in [2.45, 2.75) is 26.4 Å². The SMILES string of the molecule is CCCOc1ccc(-c2cc(C(F)(F)F)c3c(N)c(C(=O)OCC)sc3n2)cc1. The Morgan fingerprint density at radius 3 is 2.48 bits per heavy atom. The molecule has 2 N–H and O–H groups in total. The largest absolute Gasteiger partial charge is 0.494 e. The van der Waals surface area contributed by atoms with Crippen LogP contribution in [-0.4, -0.2) is 24.2 Å². The van der Waals surface area contributed by atoms with Crippen LogP contribution in [0, 0.1) is 0 Å². The Labute approximate surface area is 169 Å². The van der Waals surface area contributed by atoms with Crippen LogP contribution in [0.2, 0.25) is 0 Å². The maximum atomic E-state index is 13.7. The number of alkyl halides is 3. The maximum absolute atomic E-state index is 13.7. The average molecular weight is 424 g/mol. The average Bonchev–Trinajstić information content (AvgIpc) is 3.02. The molecule has 3 rings (SSSR count). The number of nitrogen functional groups attached to an aromatic ring is 1. The zero-order valence-electron chi connectivity index (χ0n) is 15.8. The first-order valence-corrected chi connectivity index (χ1v) is 9.78. The van der Waals surface area contributed by atoms with Crippen molar-refractivity contribution < 1.29 is 27.4 Å². The summed E-state index contributed by atoms with van der Waals surface area (Å²) in [5.41, 5.74) is 5.29. The van der Waals surface area contributed by atoms with Gasteiger partial charge in [0.25, 0.3) is 0 Å². The minimum Gasteiger partial charge on any atom is -0.494 e. The van der Waals surface area contributed by atoms with E-state index in [1.165, 1.54) is 0 Å². The summed E-state index contributed by atoms with van der Waals surface area (Å²) in [6, 6.07) is 7.58. The van der Waals surface area contributed by atoms with Crippen molar-refractivity contribution in [2.24, 2.45) is 0 Å². The van der Waals surface area contributed by atoms with Gasteiger partial charge in [0.15, 0.2) is 0 Å². The number of hydrogen-bond acceptors (Lipinski definition) is 6. The van der Waals surface area contributed by atoms with Gasteiger partial charge in [-0.05, 0) is 43.7 Å². The van der Waals surface area contributed by atoms with Gasteiger partial charge < -0.3 is 15.2 Å². The maximum Gasteiger partial charge on any atom is 0.417 e. The highest BCUT2D eigenvalue weighted by Crippen LogP contribution is 2.43. The lowest BCUT2D eigenvalue weighted by Crippen LogP contribution is -2.08. The van der Waals surface area contributed by atoms with Gasteiger partial charge in [-0.3, -0.25) is 0 Å². The molecular formula is C20H19F3N2O3S. The molecule has 29 heavy (non-hydrogen) atoms. The van der Waals surface area contributed by atoms with Crippen molar-refractivity contribution in [2.75, 3.05) is 18.9 Å². The first-order valence-electron chi connectivity index (χ1n) is 8.96. The standard InChI is InChI=1S/C20H19F3N2O3S/c1-3-9-28-12-7-5-11(6-8-12)14-10-13(20(21,22)23)15-16(24)17(19(26)27-4-2)29-18(15)25-14/h5-8,10H,3-4,9,24H2,1-2H3. The molecule has 0 saturated carbocycles. The van der Waals surface area contributed by atoms with Crippen LogP contribution in [-0.2, 0) is 10.9 Å². The highest BCUT2D eigenvalue weighted by molar-refractivity contribution is 7.21. The van der Waals surface area contributed by atoms with Crippen LogP contribution >= 0.6 is 11.3 Å². The van der Waals surface area contributed by atoms with Crippen molar-refractivity contribution in [3.8, 4) is 17.0 Å². The van der Waals surface area contributed by atoms with E-state index in [1.54, 1.807) is 31.2 Å². The molecule has 2 heterocycles. The molecule has 1 aromatic carbocycles. The van der Waals surface area contributed by atoms with Crippen LogP contribution < -0.4 is 10.5 Å². The Bertz CT molecular complexity index is 1030. The summed E-state index contributed by atoms with van der Waals surface area (Å²) < 4.78 is 51.6. The van der Waals surface area contributed by atoms with Crippen molar-refractivity contribution in [1.29, 1.82) is 0 Å². The number of rotatable bonds is 6. The number of carbonyl (C=O) groups excluding carboxylic acids is 1. The number of anilines is 1. The predicted octanol–water partition coefficient (Wildman–Crippen LogP) is 5.53. The van der Waals surface area contributed by atoms with Crippen LogP contribution in [0.3, 0.4) is 0 Å². The molecule has 9 heteroatoms. The number of hydrogen-bond donors (Lipinski definition) is 1. The van der Waals surface area contributed by atoms with Crippen LogP contribution in [0.1, 0.15) is 35.5 Å². The number of benzene rings is 1. The molecule has 154 valence electrons. The second kappa shape index (κ2) is 8.28. The summed E-state index contributed by atoms with van der Waals surface area (Å²) >= 11 is 0.790. The van der Waals surface area contributed by atoms with E-state index in [9.17, 15) is 18.0 Å². The van der Waals surface area contributed by atoms with Crippen LogP contribution in [0.5, 0.6) is 5.75 Å². The van der Waals surface area contributed by atoms with E-state index in [-0.39, 0.29) is 33.1 Å². The Hall–Kier alpha value is -2.81. The van der Waals surface area contributed by atoms with Crippen molar-refractivity contribution in [3.63, 3.8) is 0 Å². The van der Waals surface area contributed by atoms with E-state index in [1.807, 2.05) is 6.92 Å². The number of fused-ring (bicyclic) bond motifs is 1. The topological polar surface area (TPSA) is 74.4 Å². The van der Waals surface area contributed by atoms with Gasteiger partial charge in [0.1, 0.15) is 15.5 Å². The highest BCUT2D eigenvalue weighted by Gasteiger charge is 2.36. The number of carbonyl (C=O) groups is 1. The normalized spacial score (nSPS) is 11.6. The molecule has 2 aromatic heterocycles. The van der Waals surface area contributed by atoms with E-state index in [0.717, 1.165) is 23.8 Å². The van der Waals surface area contributed by atoms with Gasteiger partial charge in [-0.2, -0.15) is 13.2 Å². The lowest BCUT2D eigenvalue weighted by Gasteiger charge is -2.12. The second-order valence-corrected chi connectivity index (χ2v) is 7.17. The molecule has 5 nitrogen and oxygen atoms in total. The Kier molecular flexibility index (Phi) is 5.97. The fraction of sp³-hybridized carbons (Fsp3) is 0.300. The minimum atomic E-state index is -4.67. The van der Waals surface area contributed by atoms with Crippen LogP contribution in [0.25, 0.3) is 21.5 Å². The third-order valence-corrected chi connectivity index (χ3v) is 5.17. The van der Waals surface area contributed by atoms with E-state index < -0.39 is 17.7 Å². The molecular weight excluding hydrogens is 405 g/mol.